The van der Waals surface area contributed by atoms with Gasteiger partial charge in [0.25, 0.3) is 11.8 Å². The van der Waals surface area contributed by atoms with Crippen LogP contribution >= 0.6 is 15.9 Å². The van der Waals surface area contributed by atoms with Gasteiger partial charge in [0.1, 0.15) is 5.75 Å². The Morgan fingerprint density at radius 1 is 0.793 bits per heavy atom. The first-order valence-corrected chi connectivity index (χ1v) is 10.1. The summed E-state index contributed by atoms with van der Waals surface area (Å²) in [7, 11) is 0. The lowest BCUT2D eigenvalue weighted by Crippen LogP contribution is -2.27. The molecule has 0 atom stereocenters. The van der Waals surface area contributed by atoms with Gasteiger partial charge in [0.05, 0.1) is 23.4 Å². The van der Waals surface area contributed by atoms with E-state index in [1.54, 1.807) is 42.5 Å². The van der Waals surface area contributed by atoms with Crippen LogP contribution in [0.15, 0.2) is 83.3 Å². The van der Waals surface area contributed by atoms with Gasteiger partial charge >= 0.3 is 0 Å². The maximum Gasteiger partial charge on any atom is 0.256 e. The summed E-state index contributed by atoms with van der Waals surface area (Å²) in [4.78, 5) is 25.1. The van der Waals surface area contributed by atoms with Crippen molar-refractivity contribution in [2.75, 3.05) is 18.5 Å². The normalized spacial score (nSPS) is 10.2. The van der Waals surface area contributed by atoms with Crippen LogP contribution in [0.2, 0.25) is 0 Å². The van der Waals surface area contributed by atoms with E-state index >= 15 is 0 Å². The highest BCUT2D eigenvalue weighted by atomic mass is 79.9. The van der Waals surface area contributed by atoms with Crippen molar-refractivity contribution in [3.05, 3.63) is 94.5 Å². The zero-order valence-corrected chi connectivity index (χ0v) is 17.3. The van der Waals surface area contributed by atoms with Crippen LogP contribution in [-0.4, -0.2) is 25.0 Å². The number of ether oxygens (including phenoxy) is 1. The van der Waals surface area contributed by atoms with Crippen molar-refractivity contribution in [3.63, 3.8) is 0 Å². The van der Waals surface area contributed by atoms with Gasteiger partial charge in [-0.15, -0.1) is 0 Å². The van der Waals surface area contributed by atoms with Crippen molar-refractivity contribution in [3.8, 4) is 5.75 Å². The number of amides is 2. The van der Waals surface area contributed by atoms with Gasteiger partial charge in [-0.2, -0.15) is 0 Å². The molecule has 5 nitrogen and oxygen atoms in total. The third kappa shape index (κ3) is 5.93. The Morgan fingerprint density at radius 3 is 2.21 bits per heavy atom. The molecule has 0 radical (unpaired) electrons. The smallest absolute Gasteiger partial charge is 0.256 e. The van der Waals surface area contributed by atoms with Crippen molar-refractivity contribution in [2.24, 2.45) is 0 Å². The quantitative estimate of drug-likeness (QED) is 0.477. The molecular weight excluding hydrogens is 432 g/mol. The van der Waals surface area contributed by atoms with E-state index in [2.05, 4.69) is 26.6 Å². The summed E-state index contributed by atoms with van der Waals surface area (Å²) < 4.78 is 6.31. The van der Waals surface area contributed by atoms with Gasteiger partial charge in [-0.05, 0) is 58.7 Å². The van der Waals surface area contributed by atoms with Crippen LogP contribution < -0.4 is 15.4 Å². The predicted octanol–water partition coefficient (Wildman–Crippen LogP) is 4.90. The van der Waals surface area contributed by atoms with Crippen molar-refractivity contribution >= 4 is 33.4 Å². The fraction of sp³-hybridized carbons (Fsp3) is 0.130. The summed E-state index contributed by atoms with van der Waals surface area (Å²) in [5.74, 6) is 0.278. The minimum Gasteiger partial charge on any atom is -0.494 e. The zero-order valence-electron chi connectivity index (χ0n) is 15.7. The molecule has 3 aromatic carbocycles. The highest BCUT2D eigenvalue weighted by molar-refractivity contribution is 9.10. The maximum absolute atomic E-state index is 12.6. The predicted molar refractivity (Wildman–Crippen MR) is 117 cm³/mol. The second-order valence-corrected chi connectivity index (χ2v) is 7.10. The maximum atomic E-state index is 12.6. The van der Waals surface area contributed by atoms with E-state index in [0.717, 1.165) is 5.75 Å². The second kappa shape index (κ2) is 10.4. The fourth-order valence-corrected chi connectivity index (χ4v) is 3.17. The summed E-state index contributed by atoms with van der Waals surface area (Å²) in [6.07, 6.45) is 0.673. The molecule has 0 spiro atoms. The van der Waals surface area contributed by atoms with Crippen molar-refractivity contribution in [1.82, 2.24) is 5.32 Å². The average molecular weight is 453 g/mol. The van der Waals surface area contributed by atoms with Crippen molar-refractivity contribution < 1.29 is 14.3 Å². The third-order valence-electron chi connectivity index (χ3n) is 4.16. The van der Waals surface area contributed by atoms with Gasteiger partial charge in [-0.3, -0.25) is 9.59 Å². The van der Waals surface area contributed by atoms with E-state index in [-0.39, 0.29) is 11.8 Å². The van der Waals surface area contributed by atoms with E-state index < -0.39 is 0 Å². The highest BCUT2D eigenvalue weighted by Crippen LogP contribution is 2.20. The number of anilines is 1. The molecule has 0 aromatic heterocycles. The Bertz CT molecular complexity index is 977. The summed E-state index contributed by atoms with van der Waals surface area (Å²) in [6, 6.07) is 23.6. The molecule has 6 heteroatoms. The van der Waals surface area contributed by atoms with Gasteiger partial charge in [0, 0.05) is 11.0 Å². The lowest BCUT2D eigenvalue weighted by atomic mass is 10.1. The van der Waals surface area contributed by atoms with E-state index in [4.69, 9.17) is 4.74 Å². The molecule has 148 valence electrons. The average Bonchev–Trinajstić information content (AvgIpc) is 2.74. The Labute approximate surface area is 178 Å². The van der Waals surface area contributed by atoms with Gasteiger partial charge < -0.3 is 15.4 Å². The Hall–Kier alpha value is -3.12. The number of benzene rings is 3. The molecule has 0 aliphatic heterocycles. The number of carbonyl (C=O) groups excluding carboxylic acids is 2. The summed E-state index contributed by atoms with van der Waals surface area (Å²) in [6.45, 7) is 0.975. The Morgan fingerprint density at radius 2 is 1.45 bits per heavy atom. The molecule has 0 saturated heterocycles. The molecule has 0 aliphatic carbocycles. The number of hydrogen-bond acceptors (Lipinski definition) is 3. The van der Waals surface area contributed by atoms with Crippen LogP contribution in [0.3, 0.4) is 0 Å². The van der Waals surface area contributed by atoms with E-state index in [1.807, 2.05) is 36.4 Å². The third-order valence-corrected chi connectivity index (χ3v) is 4.85. The minimum absolute atomic E-state index is 0.243. The van der Waals surface area contributed by atoms with Crippen LogP contribution in [0, 0.1) is 0 Å². The molecule has 3 aromatic rings. The SMILES string of the molecule is O=C(Nc1ccccc1C(=O)NCCCOc1ccccc1)c1ccccc1Br. The summed E-state index contributed by atoms with van der Waals surface area (Å²) in [5, 5.41) is 5.69. The first-order chi connectivity index (χ1) is 14.1. The number of carbonyl (C=O) groups is 2. The molecule has 0 fully saturated rings. The molecule has 0 saturated carbocycles. The monoisotopic (exact) mass is 452 g/mol. The standard InChI is InChI=1S/C23H21BrN2O3/c24-20-13-6-4-11-18(20)23(28)26-21-14-7-5-12-19(21)22(27)25-15-8-16-29-17-9-2-1-3-10-17/h1-7,9-14H,8,15-16H2,(H,25,27)(H,26,28). The Kier molecular flexibility index (Phi) is 7.41. The molecule has 0 unspecified atom stereocenters. The van der Waals surface area contributed by atoms with Gasteiger partial charge in [-0.1, -0.05) is 42.5 Å². The summed E-state index contributed by atoms with van der Waals surface area (Å²) >= 11 is 3.37. The molecule has 29 heavy (non-hydrogen) atoms. The van der Waals surface area contributed by atoms with Crippen molar-refractivity contribution in [1.29, 1.82) is 0 Å². The lowest BCUT2D eigenvalue weighted by Gasteiger charge is -2.12. The molecule has 0 heterocycles. The topological polar surface area (TPSA) is 67.4 Å². The van der Waals surface area contributed by atoms with Crippen LogP contribution in [0.5, 0.6) is 5.75 Å². The van der Waals surface area contributed by atoms with Crippen molar-refractivity contribution in [2.45, 2.75) is 6.42 Å². The van der Waals surface area contributed by atoms with Crippen LogP contribution in [0.1, 0.15) is 27.1 Å². The van der Waals surface area contributed by atoms with E-state index in [1.165, 1.54) is 0 Å². The van der Waals surface area contributed by atoms with Gasteiger partial charge in [-0.25, -0.2) is 0 Å². The molecular formula is C23H21BrN2O3. The zero-order chi connectivity index (χ0) is 20.5. The summed E-state index contributed by atoms with van der Waals surface area (Å²) in [5.41, 5.74) is 1.38. The number of rotatable bonds is 8. The molecule has 0 bridgehead atoms. The highest BCUT2D eigenvalue weighted by Gasteiger charge is 2.15. The first-order valence-electron chi connectivity index (χ1n) is 9.26. The van der Waals surface area contributed by atoms with Gasteiger partial charge in [0.2, 0.25) is 0 Å². The van der Waals surface area contributed by atoms with Gasteiger partial charge in [0.15, 0.2) is 0 Å². The minimum atomic E-state index is -0.283. The molecule has 3 rings (SSSR count). The van der Waals surface area contributed by atoms with E-state index in [0.29, 0.717) is 40.9 Å². The lowest BCUT2D eigenvalue weighted by molar-refractivity contribution is 0.0952. The number of hydrogen-bond donors (Lipinski definition) is 2. The number of halogens is 1. The van der Waals surface area contributed by atoms with Crippen LogP contribution in [0.25, 0.3) is 0 Å². The first kappa shape index (κ1) is 20.6. The van der Waals surface area contributed by atoms with E-state index in [9.17, 15) is 9.59 Å². The largest absolute Gasteiger partial charge is 0.494 e. The molecule has 2 N–H and O–H groups in total. The second-order valence-electron chi connectivity index (χ2n) is 6.25. The molecule has 2 amide bonds. The van der Waals surface area contributed by atoms with Crippen LogP contribution in [0.4, 0.5) is 5.69 Å². The van der Waals surface area contributed by atoms with Crippen LogP contribution in [-0.2, 0) is 0 Å². The molecule has 0 aliphatic rings. The fourth-order valence-electron chi connectivity index (χ4n) is 2.70. The Balaban J connectivity index is 1.54. The number of para-hydroxylation sites is 2. The number of nitrogens with one attached hydrogen (secondary N) is 2.